The Morgan fingerprint density at radius 1 is 1.53 bits per heavy atom. The third-order valence-corrected chi connectivity index (χ3v) is 3.44. The number of hydrogen-bond donors (Lipinski definition) is 3. The number of urea groups is 1. The number of benzene rings is 1. The lowest BCUT2D eigenvalue weighted by molar-refractivity contribution is 0.193. The summed E-state index contributed by atoms with van der Waals surface area (Å²) in [6, 6.07) is 5.68. The Morgan fingerprint density at radius 2 is 2.42 bits per heavy atom. The number of amides is 2. The van der Waals surface area contributed by atoms with Gasteiger partial charge in [0, 0.05) is 30.2 Å². The van der Waals surface area contributed by atoms with Gasteiger partial charge < -0.3 is 16.0 Å². The Kier molecular flexibility index (Phi) is 3.08. The zero-order chi connectivity index (χ0) is 13.2. The van der Waals surface area contributed by atoms with Crippen molar-refractivity contribution in [2.45, 2.75) is 18.9 Å². The van der Waals surface area contributed by atoms with Gasteiger partial charge in [-0.2, -0.15) is 5.10 Å². The molecule has 0 unspecified atom stereocenters. The second-order valence-corrected chi connectivity index (χ2v) is 4.95. The first-order valence-electron chi connectivity index (χ1n) is 6.47. The van der Waals surface area contributed by atoms with Crippen LogP contribution in [0.15, 0.2) is 24.4 Å². The molecular formula is C13H17N5O. The molecule has 6 nitrogen and oxygen atoms in total. The topological polar surface area (TPSA) is 87.0 Å². The van der Waals surface area contributed by atoms with Gasteiger partial charge in [-0.3, -0.25) is 5.10 Å². The second kappa shape index (κ2) is 4.89. The van der Waals surface area contributed by atoms with E-state index < -0.39 is 0 Å². The van der Waals surface area contributed by atoms with E-state index in [1.807, 2.05) is 18.2 Å². The summed E-state index contributed by atoms with van der Waals surface area (Å²) in [6.45, 7) is 1.40. The van der Waals surface area contributed by atoms with Gasteiger partial charge in [0.2, 0.25) is 0 Å². The molecule has 0 spiro atoms. The zero-order valence-corrected chi connectivity index (χ0v) is 10.6. The normalized spacial score (nSPS) is 19.6. The molecule has 0 aliphatic carbocycles. The lowest BCUT2D eigenvalue weighted by atomic mass is 10.1. The van der Waals surface area contributed by atoms with Crippen LogP contribution in [0.5, 0.6) is 0 Å². The first-order valence-corrected chi connectivity index (χ1v) is 6.47. The summed E-state index contributed by atoms with van der Waals surface area (Å²) in [4.78, 5) is 13.9. The maximum atomic E-state index is 12.1. The average Bonchev–Trinajstić information content (AvgIpc) is 2.86. The van der Waals surface area contributed by atoms with E-state index in [1.54, 1.807) is 11.1 Å². The lowest BCUT2D eigenvalue weighted by Gasteiger charge is -2.30. The minimum absolute atomic E-state index is 0.0852. The lowest BCUT2D eigenvalue weighted by Crippen LogP contribution is -2.47. The minimum Gasteiger partial charge on any atom is -0.326 e. The van der Waals surface area contributed by atoms with Crippen LogP contribution in [-0.2, 0) is 0 Å². The Hall–Kier alpha value is -2.08. The molecule has 1 fully saturated rings. The number of rotatable bonds is 1. The molecular weight excluding hydrogens is 242 g/mol. The number of aromatic nitrogens is 2. The smallest absolute Gasteiger partial charge is 0.321 e. The molecule has 1 aromatic carbocycles. The number of piperidine rings is 1. The van der Waals surface area contributed by atoms with Crippen molar-refractivity contribution < 1.29 is 4.79 Å². The molecule has 100 valence electrons. The fourth-order valence-electron chi connectivity index (χ4n) is 2.42. The van der Waals surface area contributed by atoms with Crippen LogP contribution in [0.4, 0.5) is 10.5 Å². The molecule has 0 radical (unpaired) electrons. The van der Waals surface area contributed by atoms with Gasteiger partial charge in [0.15, 0.2) is 0 Å². The summed E-state index contributed by atoms with van der Waals surface area (Å²) < 4.78 is 0. The van der Waals surface area contributed by atoms with Gasteiger partial charge in [-0.15, -0.1) is 0 Å². The van der Waals surface area contributed by atoms with E-state index in [-0.39, 0.29) is 12.1 Å². The van der Waals surface area contributed by atoms with E-state index in [0.29, 0.717) is 6.54 Å². The fraction of sp³-hybridized carbons (Fsp3) is 0.385. The number of anilines is 1. The number of carbonyl (C=O) groups excluding carboxylic acids is 1. The summed E-state index contributed by atoms with van der Waals surface area (Å²) in [5, 5.41) is 10.7. The quantitative estimate of drug-likeness (QED) is 0.725. The van der Waals surface area contributed by atoms with Gasteiger partial charge in [0.25, 0.3) is 0 Å². The van der Waals surface area contributed by atoms with Crippen molar-refractivity contribution in [3.8, 4) is 0 Å². The number of nitrogens with one attached hydrogen (secondary N) is 2. The van der Waals surface area contributed by atoms with Crippen LogP contribution in [0.3, 0.4) is 0 Å². The Labute approximate surface area is 111 Å². The Morgan fingerprint density at radius 3 is 3.26 bits per heavy atom. The summed E-state index contributed by atoms with van der Waals surface area (Å²) in [5.41, 5.74) is 7.62. The number of nitrogens with zero attached hydrogens (tertiary/aromatic N) is 2. The molecule has 2 aromatic rings. The zero-order valence-electron chi connectivity index (χ0n) is 10.6. The van der Waals surface area contributed by atoms with Gasteiger partial charge in [-0.1, -0.05) is 0 Å². The number of fused-ring (bicyclic) bond motifs is 1. The maximum Gasteiger partial charge on any atom is 0.321 e. The summed E-state index contributed by atoms with van der Waals surface area (Å²) in [6.07, 6.45) is 3.70. The molecule has 1 atom stereocenters. The minimum atomic E-state index is -0.0852. The van der Waals surface area contributed by atoms with Crippen molar-refractivity contribution in [3.63, 3.8) is 0 Å². The highest BCUT2D eigenvalue weighted by Crippen LogP contribution is 2.18. The van der Waals surface area contributed by atoms with Crippen LogP contribution in [0.1, 0.15) is 12.8 Å². The molecule has 6 heteroatoms. The summed E-state index contributed by atoms with van der Waals surface area (Å²) in [7, 11) is 0. The fourth-order valence-corrected chi connectivity index (χ4v) is 2.42. The largest absolute Gasteiger partial charge is 0.326 e. The molecule has 1 aromatic heterocycles. The van der Waals surface area contributed by atoms with E-state index in [2.05, 4.69) is 15.5 Å². The maximum absolute atomic E-state index is 12.1. The van der Waals surface area contributed by atoms with Crippen molar-refractivity contribution >= 4 is 22.6 Å². The molecule has 1 aliphatic rings. The van der Waals surface area contributed by atoms with Gasteiger partial charge in [0.1, 0.15) is 0 Å². The number of aromatic amines is 1. The first-order chi connectivity index (χ1) is 9.22. The van der Waals surface area contributed by atoms with Crippen LogP contribution in [0.25, 0.3) is 10.9 Å². The molecule has 19 heavy (non-hydrogen) atoms. The van der Waals surface area contributed by atoms with Crippen LogP contribution in [0, 0.1) is 0 Å². The van der Waals surface area contributed by atoms with Gasteiger partial charge in [-0.25, -0.2) is 4.79 Å². The van der Waals surface area contributed by atoms with Gasteiger partial charge >= 0.3 is 6.03 Å². The van der Waals surface area contributed by atoms with Crippen molar-refractivity contribution in [1.29, 1.82) is 0 Å². The third-order valence-electron chi connectivity index (χ3n) is 3.44. The molecule has 2 heterocycles. The molecule has 3 rings (SSSR count). The SMILES string of the molecule is N[C@H]1CCCN(C(=O)Nc2ccc3[nH]ncc3c2)C1. The predicted octanol–water partition coefficient (Wildman–Crippen LogP) is 1.52. The number of H-pyrrole nitrogens is 1. The van der Waals surface area contributed by atoms with Crippen LogP contribution in [-0.4, -0.2) is 40.3 Å². The number of nitrogens with two attached hydrogens (primary N) is 1. The second-order valence-electron chi connectivity index (χ2n) is 4.95. The van der Waals surface area contributed by atoms with Crippen molar-refractivity contribution in [2.24, 2.45) is 5.73 Å². The van der Waals surface area contributed by atoms with Gasteiger partial charge in [-0.05, 0) is 31.0 Å². The van der Waals surface area contributed by atoms with E-state index in [9.17, 15) is 4.79 Å². The monoisotopic (exact) mass is 259 g/mol. The molecule has 1 saturated heterocycles. The molecule has 2 amide bonds. The van der Waals surface area contributed by atoms with E-state index >= 15 is 0 Å². The average molecular weight is 259 g/mol. The number of hydrogen-bond acceptors (Lipinski definition) is 3. The van der Waals surface area contributed by atoms with E-state index in [0.717, 1.165) is 36.0 Å². The first kappa shape index (κ1) is 12.0. The Balaban J connectivity index is 1.71. The number of likely N-dealkylation sites (tertiary alicyclic amines) is 1. The van der Waals surface area contributed by atoms with Crippen molar-refractivity contribution in [2.75, 3.05) is 18.4 Å². The van der Waals surface area contributed by atoms with Crippen LogP contribution < -0.4 is 11.1 Å². The third kappa shape index (κ3) is 2.53. The van der Waals surface area contributed by atoms with E-state index in [4.69, 9.17) is 5.73 Å². The Bertz CT molecular complexity index is 593. The van der Waals surface area contributed by atoms with Crippen molar-refractivity contribution in [3.05, 3.63) is 24.4 Å². The molecule has 0 bridgehead atoms. The van der Waals surface area contributed by atoms with Crippen LogP contribution in [0.2, 0.25) is 0 Å². The van der Waals surface area contributed by atoms with Gasteiger partial charge in [0.05, 0.1) is 11.7 Å². The summed E-state index contributed by atoms with van der Waals surface area (Å²) in [5.74, 6) is 0. The highest BCUT2D eigenvalue weighted by Gasteiger charge is 2.21. The highest BCUT2D eigenvalue weighted by atomic mass is 16.2. The molecule has 1 aliphatic heterocycles. The molecule has 0 saturated carbocycles. The highest BCUT2D eigenvalue weighted by molar-refractivity contribution is 5.92. The van der Waals surface area contributed by atoms with E-state index in [1.165, 1.54) is 0 Å². The number of carbonyl (C=O) groups is 1. The predicted molar refractivity (Wildman–Crippen MR) is 73.9 cm³/mol. The molecule has 4 N–H and O–H groups in total. The summed E-state index contributed by atoms with van der Waals surface area (Å²) >= 11 is 0. The standard InChI is InChI=1S/C13H17N5O/c14-10-2-1-5-18(8-10)13(19)16-11-3-4-12-9(6-11)7-15-17-12/h3-4,6-7,10H,1-2,5,8,14H2,(H,15,17)(H,16,19)/t10-/m0/s1. The van der Waals surface area contributed by atoms with Crippen LogP contribution >= 0.6 is 0 Å². The van der Waals surface area contributed by atoms with Crippen molar-refractivity contribution in [1.82, 2.24) is 15.1 Å².